The second-order valence-corrected chi connectivity index (χ2v) is 5.32. The monoisotopic (exact) mass is 291 g/mol. The van der Waals surface area contributed by atoms with Crippen LogP contribution >= 0.6 is 0 Å². The van der Waals surface area contributed by atoms with Gasteiger partial charge in [0.15, 0.2) is 0 Å². The Labute approximate surface area is 123 Å². The highest BCUT2D eigenvalue weighted by Crippen LogP contribution is 2.23. The first-order valence-corrected chi connectivity index (χ1v) is 7.59. The minimum Gasteiger partial charge on any atom is -0.426 e. The van der Waals surface area contributed by atoms with Gasteiger partial charge in [0.2, 0.25) is 5.91 Å². The molecule has 5 heteroatoms. The summed E-state index contributed by atoms with van der Waals surface area (Å²) in [5.74, 6) is -0.410. The molecule has 2 heterocycles. The van der Waals surface area contributed by atoms with Gasteiger partial charge in [0.05, 0.1) is 12.0 Å². The minimum absolute atomic E-state index is 0.00699. The fourth-order valence-electron chi connectivity index (χ4n) is 2.72. The molecule has 0 aliphatic carbocycles. The molecular formula is C16H21NO4. The van der Waals surface area contributed by atoms with Crippen LogP contribution in [0.3, 0.4) is 0 Å². The smallest absolute Gasteiger partial charge is 0.336 e. The second-order valence-electron chi connectivity index (χ2n) is 5.32. The predicted octanol–water partition coefficient (Wildman–Crippen LogP) is 2.31. The molecule has 0 fully saturated rings. The van der Waals surface area contributed by atoms with Gasteiger partial charge in [0.25, 0.3) is 5.91 Å². The molecule has 0 N–H and O–H groups in total. The fraction of sp³-hybridized carbons (Fsp3) is 0.562. The van der Waals surface area contributed by atoms with Crippen molar-refractivity contribution in [2.24, 2.45) is 0 Å². The molecule has 1 aliphatic heterocycles. The van der Waals surface area contributed by atoms with Gasteiger partial charge in [-0.3, -0.25) is 14.5 Å². The molecule has 1 aliphatic rings. The van der Waals surface area contributed by atoms with Crippen LogP contribution in [-0.4, -0.2) is 23.3 Å². The summed E-state index contributed by atoms with van der Waals surface area (Å²) in [6.07, 6.45) is 4.93. The molecule has 0 unspecified atom stereocenters. The highest BCUT2D eigenvalue weighted by atomic mass is 16.4. The summed E-state index contributed by atoms with van der Waals surface area (Å²) in [5, 5.41) is 0. The van der Waals surface area contributed by atoms with Gasteiger partial charge in [0, 0.05) is 12.6 Å². The van der Waals surface area contributed by atoms with E-state index in [1.807, 2.05) is 0 Å². The number of carbonyl (C=O) groups is 2. The molecule has 0 spiro atoms. The standard InChI is InChI=1S/C16H21NO4/c1-3-5-6-7-8-11-9-14(19)21-12-10-13(18)17(4-2)16(20)15(11)12/h9H,3-8,10H2,1-2H3. The third kappa shape index (κ3) is 3.23. The minimum atomic E-state index is -0.482. The SMILES string of the molecule is CCCCCCc1cc(=O)oc2c1C(=O)N(CC)C(=O)C2. The first-order chi connectivity index (χ1) is 10.1. The van der Waals surface area contributed by atoms with Gasteiger partial charge in [-0.1, -0.05) is 26.2 Å². The van der Waals surface area contributed by atoms with E-state index in [0.29, 0.717) is 24.1 Å². The van der Waals surface area contributed by atoms with Crippen molar-refractivity contribution in [3.63, 3.8) is 0 Å². The zero-order chi connectivity index (χ0) is 15.4. The first kappa shape index (κ1) is 15.5. The van der Waals surface area contributed by atoms with Gasteiger partial charge in [-0.05, 0) is 25.3 Å². The molecule has 0 atom stereocenters. The molecule has 0 radical (unpaired) electrons. The maximum absolute atomic E-state index is 12.4. The molecule has 2 amide bonds. The molecule has 0 saturated heterocycles. The van der Waals surface area contributed by atoms with Crippen LogP contribution in [0.4, 0.5) is 0 Å². The van der Waals surface area contributed by atoms with Crippen LogP contribution in [0, 0.1) is 0 Å². The number of likely N-dealkylation sites (N-methyl/N-ethyl adjacent to an activating group) is 1. The normalized spacial score (nSPS) is 14.5. The number of fused-ring (bicyclic) bond motifs is 1. The van der Waals surface area contributed by atoms with E-state index in [0.717, 1.165) is 25.7 Å². The summed E-state index contributed by atoms with van der Waals surface area (Å²) in [6, 6.07) is 1.40. The van der Waals surface area contributed by atoms with Crippen molar-refractivity contribution >= 4 is 11.8 Å². The number of hydrogen-bond acceptors (Lipinski definition) is 4. The summed E-state index contributed by atoms with van der Waals surface area (Å²) in [7, 11) is 0. The highest BCUT2D eigenvalue weighted by molar-refractivity contribution is 6.09. The van der Waals surface area contributed by atoms with Gasteiger partial charge in [-0.2, -0.15) is 0 Å². The molecule has 1 aromatic heterocycles. The van der Waals surface area contributed by atoms with Crippen molar-refractivity contribution in [3.05, 3.63) is 33.4 Å². The maximum Gasteiger partial charge on any atom is 0.336 e. The second kappa shape index (κ2) is 6.70. The molecule has 1 aromatic rings. The molecule has 0 aromatic carbocycles. The average Bonchev–Trinajstić information content (AvgIpc) is 2.43. The Bertz CT molecular complexity index is 603. The Morgan fingerprint density at radius 3 is 2.57 bits per heavy atom. The summed E-state index contributed by atoms with van der Waals surface area (Å²) in [5.41, 5.74) is 0.658. The Balaban J connectivity index is 2.32. The number of carbonyl (C=O) groups excluding carboxylic acids is 2. The van der Waals surface area contributed by atoms with Crippen molar-refractivity contribution < 1.29 is 14.0 Å². The number of unbranched alkanes of at least 4 members (excludes halogenated alkanes) is 3. The van der Waals surface area contributed by atoms with E-state index in [9.17, 15) is 14.4 Å². The quantitative estimate of drug-likeness (QED) is 0.596. The van der Waals surface area contributed by atoms with Crippen LogP contribution in [0.15, 0.2) is 15.3 Å². The third-order valence-corrected chi connectivity index (χ3v) is 3.80. The van der Waals surface area contributed by atoms with E-state index in [1.165, 1.54) is 11.0 Å². The van der Waals surface area contributed by atoms with Crippen LogP contribution in [0.1, 0.15) is 61.2 Å². The first-order valence-electron chi connectivity index (χ1n) is 7.59. The van der Waals surface area contributed by atoms with Gasteiger partial charge >= 0.3 is 5.63 Å². The van der Waals surface area contributed by atoms with E-state index in [-0.39, 0.29) is 24.0 Å². The van der Waals surface area contributed by atoms with Crippen molar-refractivity contribution in [2.75, 3.05) is 6.54 Å². The van der Waals surface area contributed by atoms with E-state index < -0.39 is 5.63 Å². The Morgan fingerprint density at radius 2 is 1.90 bits per heavy atom. The predicted molar refractivity (Wildman–Crippen MR) is 78.2 cm³/mol. The number of nitrogens with zero attached hydrogens (tertiary/aromatic N) is 1. The van der Waals surface area contributed by atoms with Crippen LogP contribution in [0.25, 0.3) is 0 Å². The molecule has 114 valence electrons. The lowest BCUT2D eigenvalue weighted by molar-refractivity contribution is -0.128. The van der Waals surface area contributed by atoms with E-state index in [1.54, 1.807) is 6.92 Å². The van der Waals surface area contributed by atoms with E-state index in [2.05, 4.69) is 6.92 Å². The van der Waals surface area contributed by atoms with Crippen molar-refractivity contribution in [2.45, 2.75) is 52.4 Å². The number of aryl methyl sites for hydroxylation is 1. The van der Waals surface area contributed by atoms with Gasteiger partial charge in [0.1, 0.15) is 5.76 Å². The van der Waals surface area contributed by atoms with Crippen LogP contribution < -0.4 is 5.63 Å². The average molecular weight is 291 g/mol. The Hall–Kier alpha value is -1.91. The van der Waals surface area contributed by atoms with Gasteiger partial charge < -0.3 is 4.42 Å². The van der Waals surface area contributed by atoms with Crippen molar-refractivity contribution in [1.82, 2.24) is 4.90 Å². The highest BCUT2D eigenvalue weighted by Gasteiger charge is 2.33. The van der Waals surface area contributed by atoms with E-state index in [4.69, 9.17) is 4.42 Å². The lowest BCUT2D eigenvalue weighted by atomic mass is 9.96. The molecular weight excluding hydrogens is 270 g/mol. The summed E-state index contributed by atoms with van der Waals surface area (Å²) < 4.78 is 5.08. The fourth-order valence-corrected chi connectivity index (χ4v) is 2.72. The molecule has 0 bridgehead atoms. The van der Waals surface area contributed by atoms with Gasteiger partial charge in [-0.15, -0.1) is 0 Å². The van der Waals surface area contributed by atoms with Crippen molar-refractivity contribution in [3.8, 4) is 0 Å². The lowest BCUT2D eigenvalue weighted by Crippen LogP contribution is -2.43. The molecule has 5 nitrogen and oxygen atoms in total. The van der Waals surface area contributed by atoms with E-state index >= 15 is 0 Å². The molecule has 21 heavy (non-hydrogen) atoms. The number of imide groups is 1. The maximum atomic E-state index is 12.4. The largest absolute Gasteiger partial charge is 0.426 e. The number of rotatable bonds is 6. The topological polar surface area (TPSA) is 67.6 Å². The lowest BCUT2D eigenvalue weighted by Gasteiger charge is -2.25. The summed E-state index contributed by atoms with van der Waals surface area (Å²) in [6.45, 7) is 4.24. The number of amides is 2. The van der Waals surface area contributed by atoms with Crippen LogP contribution in [0.2, 0.25) is 0 Å². The van der Waals surface area contributed by atoms with Crippen LogP contribution in [-0.2, 0) is 17.6 Å². The zero-order valence-electron chi connectivity index (χ0n) is 12.6. The third-order valence-electron chi connectivity index (χ3n) is 3.80. The Morgan fingerprint density at radius 1 is 1.14 bits per heavy atom. The Kier molecular flexibility index (Phi) is 4.94. The zero-order valence-corrected chi connectivity index (χ0v) is 12.6. The number of hydrogen-bond donors (Lipinski definition) is 0. The molecule has 0 saturated carbocycles. The molecule has 2 rings (SSSR count). The summed E-state index contributed by atoms with van der Waals surface area (Å²) in [4.78, 5) is 37.1. The van der Waals surface area contributed by atoms with Crippen molar-refractivity contribution in [1.29, 1.82) is 0 Å². The van der Waals surface area contributed by atoms with Crippen LogP contribution in [0.5, 0.6) is 0 Å². The summed E-state index contributed by atoms with van der Waals surface area (Å²) >= 11 is 0. The van der Waals surface area contributed by atoms with Gasteiger partial charge in [-0.25, -0.2) is 4.79 Å².